The van der Waals surface area contributed by atoms with Gasteiger partial charge in [-0.05, 0) is 23.4 Å². The molecule has 0 aliphatic carbocycles. The monoisotopic (exact) mass is 267 g/mol. The van der Waals surface area contributed by atoms with E-state index in [4.69, 9.17) is 16.7 Å². The third-order valence-corrected chi connectivity index (χ3v) is 2.24. The lowest BCUT2D eigenvalue weighted by Crippen LogP contribution is -2.16. The minimum atomic E-state index is -1.21. The molecule has 2 aromatic rings. The molecule has 1 amide bonds. The number of aromatic carboxylic acids is 1. The van der Waals surface area contributed by atoms with E-state index in [0.717, 1.165) is 0 Å². The number of anilines is 1. The maximum atomic E-state index is 11.6. The Bertz CT molecular complexity index is 598. The fourth-order valence-electron chi connectivity index (χ4n) is 1.24. The second kappa shape index (κ2) is 4.80. The summed E-state index contributed by atoms with van der Waals surface area (Å²) in [7, 11) is 0. The second-order valence-corrected chi connectivity index (χ2v) is 3.62. The summed E-state index contributed by atoms with van der Waals surface area (Å²) in [4.78, 5) is 22.6. The Morgan fingerprint density at radius 3 is 2.78 bits per heavy atom. The molecule has 0 fully saturated rings. The molecule has 8 nitrogen and oxygen atoms in total. The molecule has 0 radical (unpaired) electrons. The topological polar surface area (TPSA) is 121 Å². The molecule has 0 aliphatic heterocycles. The molecule has 92 valence electrons. The Kier molecular flexibility index (Phi) is 3.20. The number of carboxylic acids is 1. The first-order valence-electron chi connectivity index (χ1n) is 4.65. The van der Waals surface area contributed by atoms with Crippen molar-refractivity contribution in [3.63, 3.8) is 0 Å². The van der Waals surface area contributed by atoms with Gasteiger partial charge in [0.1, 0.15) is 0 Å². The van der Waals surface area contributed by atoms with Crippen molar-refractivity contribution >= 4 is 29.2 Å². The third-order valence-electron chi connectivity index (χ3n) is 2.01. The quantitative estimate of drug-likeness (QED) is 0.756. The van der Waals surface area contributed by atoms with Crippen LogP contribution in [0.25, 0.3) is 0 Å². The predicted octanol–water partition coefficient (Wildman–Crippen LogP) is 0.804. The summed E-state index contributed by atoms with van der Waals surface area (Å²) >= 11 is 5.68. The first-order valence-corrected chi connectivity index (χ1v) is 5.03. The number of aromatic amines is 1. The molecule has 1 aromatic carbocycles. The molecule has 0 unspecified atom stereocenters. The number of halogens is 1. The van der Waals surface area contributed by atoms with E-state index in [1.807, 2.05) is 0 Å². The lowest BCUT2D eigenvalue weighted by molar-refractivity contribution is 0.0698. The summed E-state index contributed by atoms with van der Waals surface area (Å²) in [5.74, 6) is -2.07. The zero-order chi connectivity index (χ0) is 13.1. The summed E-state index contributed by atoms with van der Waals surface area (Å²) in [6, 6.07) is 4.07. The van der Waals surface area contributed by atoms with Gasteiger partial charge in [-0.3, -0.25) is 4.79 Å². The third kappa shape index (κ3) is 2.43. The molecule has 0 aliphatic rings. The molecule has 2 rings (SSSR count). The summed E-state index contributed by atoms with van der Waals surface area (Å²) in [6.45, 7) is 0. The number of nitrogens with one attached hydrogen (secondary N) is 2. The van der Waals surface area contributed by atoms with Crippen molar-refractivity contribution in [2.24, 2.45) is 0 Å². The van der Waals surface area contributed by atoms with E-state index in [0.29, 0.717) is 0 Å². The van der Waals surface area contributed by atoms with Gasteiger partial charge in [-0.1, -0.05) is 11.6 Å². The molecular formula is C9H6ClN5O3. The van der Waals surface area contributed by atoms with Crippen LogP contribution in [0.1, 0.15) is 21.0 Å². The SMILES string of the molecule is O=C(Nc1ccc(Cl)cc1C(=O)O)c1nn[nH]n1. The van der Waals surface area contributed by atoms with E-state index in [9.17, 15) is 9.59 Å². The second-order valence-electron chi connectivity index (χ2n) is 3.18. The van der Waals surface area contributed by atoms with Gasteiger partial charge in [-0.15, -0.1) is 10.2 Å². The number of hydrogen-bond acceptors (Lipinski definition) is 5. The number of benzene rings is 1. The van der Waals surface area contributed by atoms with Crippen LogP contribution in [0.15, 0.2) is 18.2 Å². The summed E-state index contributed by atoms with van der Waals surface area (Å²) in [5.41, 5.74) is -0.0268. The molecule has 0 saturated heterocycles. The van der Waals surface area contributed by atoms with Crippen molar-refractivity contribution in [3.8, 4) is 0 Å². The molecule has 3 N–H and O–H groups in total. The van der Waals surface area contributed by atoms with Crippen LogP contribution < -0.4 is 5.32 Å². The number of rotatable bonds is 3. The van der Waals surface area contributed by atoms with E-state index < -0.39 is 11.9 Å². The molecule has 0 atom stereocenters. The largest absolute Gasteiger partial charge is 0.478 e. The first kappa shape index (κ1) is 12.0. The van der Waals surface area contributed by atoms with Crippen molar-refractivity contribution in [1.29, 1.82) is 0 Å². The van der Waals surface area contributed by atoms with Crippen LogP contribution in [0.4, 0.5) is 5.69 Å². The van der Waals surface area contributed by atoms with E-state index in [-0.39, 0.29) is 22.1 Å². The lowest BCUT2D eigenvalue weighted by Gasteiger charge is -2.06. The average Bonchev–Trinajstić information content (AvgIpc) is 2.84. The van der Waals surface area contributed by atoms with Gasteiger partial charge in [0.2, 0.25) is 0 Å². The Morgan fingerprint density at radius 2 is 2.17 bits per heavy atom. The minimum absolute atomic E-state index is 0.0988. The van der Waals surface area contributed by atoms with Crippen molar-refractivity contribution in [3.05, 3.63) is 34.6 Å². The summed E-state index contributed by atoms with van der Waals surface area (Å²) < 4.78 is 0. The Morgan fingerprint density at radius 1 is 1.39 bits per heavy atom. The first-order chi connectivity index (χ1) is 8.58. The zero-order valence-electron chi connectivity index (χ0n) is 8.72. The highest BCUT2D eigenvalue weighted by Gasteiger charge is 2.16. The van der Waals surface area contributed by atoms with Gasteiger partial charge in [-0.25, -0.2) is 4.79 Å². The van der Waals surface area contributed by atoms with Crippen LogP contribution in [-0.2, 0) is 0 Å². The highest BCUT2D eigenvalue weighted by Crippen LogP contribution is 2.21. The van der Waals surface area contributed by atoms with Crippen LogP contribution in [0.2, 0.25) is 5.02 Å². The molecule has 0 saturated carbocycles. The van der Waals surface area contributed by atoms with Gasteiger partial charge in [-0.2, -0.15) is 5.21 Å². The van der Waals surface area contributed by atoms with Crippen LogP contribution in [0, 0.1) is 0 Å². The van der Waals surface area contributed by atoms with E-state index in [1.165, 1.54) is 18.2 Å². The van der Waals surface area contributed by atoms with Gasteiger partial charge < -0.3 is 10.4 Å². The van der Waals surface area contributed by atoms with Crippen molar-refractivity contribution < 1.29 is 14.7 Å². The number of H-pyrrole nitrogens is 1. The highest BCUT2D eigenvalue weighted by atomic mass is 35.5. The van der Waals surface area contributed by atoms with Gasteiger partial charge in [0, 0.05) is 5.02 Å². The summed E-state index contributed by atoms with van der Waals surface area (Å²) in [5, 5.41) is 23.9. The number of amides is 1. The van der Waals surface area contributed by atoms with Crippen LogP contribution in [0.3, 0.4) is 0 Å². The van der Waals surface area contributed by atoms with Gasteiger partial charge >= 0.3 is 5.97 Å². The highest BCUT2D eigenvalue weighted by molar-refractivity contribution is 6.31. The fourth-order valence-corrected chi connectivity index (χ4v) is 1.41. The fraction of sp³-hybridized carbons (Fsp3) is 0. The van der Waals surface area contributed by atoms with Gasteiger partial charge in [0.25, 0.3) is 11.7 Å². The van der Waals surface area contributed by atoms with Crippen LogP contribution in [0.5, 0.6) is 0 Å². The molecule has 1 aromatic heterocycles. The Hall–Kier alpha value is -2.48. The minimum Gasteiger partial charge on any atom is -0.478 e. The van der Waals surface area contributed by atoms with Crippen LogP contribution in [-0.4, -0.2) is 37.6 Å². The van der Waals surface area contributed by atoms with E-state index >= 15 is 0 Å². The van der Waals surface area contributed by atoms with Gasteiger partial charge in [0.15, 0.2) is 0 Å². The van der Waals surface area contributed by atoms with Crippen LogP contribution >= 0.6 is 11.6 Å². The number of hydrogen-bond donors (Lipinski definition) is 3. The maximum absolute atomic E-state index is 11.6. The average molecular weight is 268 g/mol. The molecular weight excluding hydrogens is 262 g/mol. The number of carbonyl (C=O) groups excluding carboxylic acids is 1. The smallest absolute Gasteiger partial charge is 0.337 e. The standard InChI is InChI=1S/C9H6ClN5O3/c10-4-1-2-6(5(3-4)9(17)18)11-8(16)7-12-14-15-13-7/h1-3H,(H,11,16)(H,17,18)(H,12,13,14,15). The maximum Gasteiger partial charge on any atom is 0.337 e. The van der Waals surface area contributed by atoms with Crippen molar-refractivity contribution in [1.82, 2.24) is 20.6 Å². The molecule has 1 heterocycles. The zero-order valence-corrected chi connectivity index (χ0v) is 9.47. The molecule has 9 heteroatoms. The number of tetrazole rings is 1. The molecule has 18 heavy (non-hydrogen) atoms. The van der Waals surface area contributed by atoms with Crippen molar-refractivity contribution in [2.75, 3.05) is 5.32 Å². The predicted molar refractivity (Wildman–Crippen MR) is 60.5 cm³/mol. The Balaban J connectivity index is 2.29. The Labute approximate surface area is 105 Å². The lowest BCUT2D eigenvalue weighted by atomic mass is 10.2. The summed E-state index contributed by atoms with van der Waals surface area (Å²) in [6.07, 6.45) is 0. The number of aromatic nitrogens is 4. The van der Waals surface area contributed by atoms with E-state index in [2.05, 4.69) is 25.9 Å². The number of carbonyl (C=O) groups is 2. The van der Waals surface area contributed by atoms with Crippen molar-refractivity contribution in [2.45, 2.75) is 0 Å². The molecule has 0 spiro atoms. The number of carboxylic acid groups (broad SMARTS) is 1. The van der Waals surface area contributed by atoms with E-state index in [1.54, 1.807) is 0 Å². The molecule has 0 bridgehead atoms. The van der Waals surface area contributed by atoms with Gasteiger partial charge in [0.05, 0.1) is 11.3 Å². The normalized spacial score (nSPS) is 10.1. The number of nitrogens with zero attached hydrogens (tertiary/aromatic N) is 3.